The summed E-state index contributed by atoms with van der Waals surface area (Å²) >= 11 is 0. The molecule has 0 saturated carbocycles. The number of nitrogens with zero attached hydrogens (tertiary/aromatic N) is 2. The molecule has 2 amide bonds. The number of rotatable bonds is 10. The van der Waals surface area contributed by atoms with Gasteiger partial charge in [-0.25, -0.2) is 8.42 Å². The maximum Gasteiger partial charge on any atom is 0.244 e. The van der Waals surface area contributed by atoms with Crippen LogP contribution in [-0.2, 0) is 26.2 Å². The van der Waals surface area contributed by atoms with E-state index in [9.17, 15) is 18.0 Å². The highest BCUT2D eigenvalue weighted by atomic mass is 32.2. The average Bonchev–Trinajstić information content (AvgIpc) is 2.86. The quantitative estimate of drug-likeness (QED) is 0.534. The van der Waals surface area contributed by atoms with E-state index in [4.69, 9.17) is 9.47 Å². The van der Waals surface area contributed by atoms with Gasteiger partial charge in [0.25, 0.3) is 0 Å². The molecule has 0 bridgehead atoms. The van der Waals surface area contributed by atoms with E-state index in [1.807, 2.05) is 31.2 Å². The third-order valence-electron chi connectivity index (χ3n) is 5.79. The molecule has 2 aromatic rings. The van der Waals surface area contributed by atoms with Crippen molar-refractivity contribution in [3.63, 3.8) is 0 Å². The molecule has 1 aliphatic heterocycles. The number of hydrogen-bond donors (Lipinski definition) is 1. The molecular weight excluding hydrogens is 470 g/mol. The van der Waals surface area contributed by atoms with Crippen LogP contribution in [0, 0.1) is 6.92 Å². The van der Waals surface area contributed by atoms with Crippen LogP contribution in [-0.4, -0.2) is 63.2 Å². The topological polar surface area (TPSA) is 105 Å². The van der Waals surface area contributed by atoms with Gasteiger partial charge in [-0.3, -0.25) is 13.9 Å². The van der Waals surface area contributed by atoms with Gasteiger partial charge in [-0.05, 0) is 45.4 Å². The van der Waals surface area contributed by atoms with Crippen molar-refractivity contribution in [1.29, 1.82) is 0 Å². The Labute approximate surface area is 207 Å². The number of ether oxygens (including phenoxy) is 2. The molecule has 0 saturated heterocycles. The van der Waals surface area contributed by atoms with Crippen molar-refractivity contribution in [3.8, 4) is 11.5 Å². The number of carbonyl (C=O) groups excluding carboxylic acids is 2. The molecule has 35 heavy (non-hydrogen) atoms. The summed E-state index contributed by atoms with van der Waals surface area (Å²) in [6.45, 7) is 7.82. The molecule has 0 radical (unpaired) electrons. The Kier molecular flexibility index (Phi) is 8.61. The van der Waals surface area contributed by atoms with Gasteiger partial charge < -0.3 is 19.7 Å². The van der Waals surface area contributed by atoms with E-state index in [1.165, 1.54) is 11.8 Å². The molecule has 2 aromatic carbocycles. The maximum absolute atomic E-state index is 13.6. The Morgan fingerprint density at radius 1 is 1.03 bits per heavy atom. The Hall–Kier alpha value is -3.27. The van der Waals surface area contributed by atoms with E-state index in [1.54, 1.807) is 32.0 Å². The Bertz CT molecular complexity index is 1150. The Morgan fingerprint density at radius 3 is 2.31 bits per heavy atom. The van der Waals surface area contributed by atoms with Crippen LogP contribution in [0.5, 0.6) is 11.5 Å². The minimum atomic E-state index is -3.81. The van der Waals surface area contributed by atoms with Crippen LogP contribution in [0.15, 0.2) is 42.5 Å². The third kappa shape index (κ3) is 6.45. The zero-order chi connectivity index (χ0) is 25.6. The van der Waals surface area contributed by atoms with E-state index in [0.29, 0.717) is 36.9 Å². The highest BCUT2D eigenvalue weighted by Gasteiger charge is 2.31. The minimum absolute atomic E-state index is 0.165. The lowest BCUT2D eigenvalue weighted by molar-refractivity contribution is -0.139. The number of benzene rings is 2. The fraction of sp³-hybridized carbons (Fsp3) is 0.440. The first-order valence-corrected chi connectivity index (χ1v) is 13.3. The van der Waals surface area contributed by atoms with E-state index in [0.717, 1.165) is 15.4 Å². The second kappa shape index (κ2) is 11.4. The molecular formula is C25H33N3O6S. The largest absolute Gasteiger partial charge is 0.486 e. The zero-order valence-electron chi connectivity index (χ0n) is 20.6. The van der Waals surface area contributed by atoms with Gasteiger partial charge in [0, 0.05) is 19.2 Å². The smallest absolute Gasteiger partial charge is 0.244 e. The molecule has 1 heterocycles. The number of sulfonamides is 1. The zero-order valence-corrected chi connectivity index (χ0v) is 21.4. The minimum Gasteiger partial charge on any atom is -0.486 e. The van der Waals surface area contributed by atoms with Gasteiger partial charge in [0.2, 0.25) is 21.8 Å². The first-order valence-electron chi connectivity index (χ1n) is 11.7. The predicted molar refractivity (Wildman–Crippen MR) is 134 cm³/mol. The number of hydrogen-bond acceptors (Lipinski definition) is 6. The van der Waals surface area contributed by atoms with E-state index in [-0.39, 0.29) is 18.2 Å². The summed E-state index contributed by atoms with van der Waals surface area (Å²) in [6.07, 6.45) is 0. The number of carbonyl (C=O) groups is 2. The first-order chi connectivity index (χ1) is 16.7. The van der Waals surface area contributed by atoms with Crippen molar-refractivity contribution >= 4 is 27.5 Å². The number of aryl methyl sites for hydroxylation is 1. The predicted octanol–water partition coefficient (Wildman–Crippen LogP) is 2.48. The van der Waals surface area contributed by atoms with Gasteiger partial charge in [-0.2, -0.15) is 0 Å². The maximum atomic E-state index is 13.6. The van der Waals surface area contributed by atoms with Crippen molar-refractivity contribution in [2.24, 2.45) is 0 Å². The van der Waals surface area contributed by atoms with Gasteiger partial charge in [-0.1, -0.05) is 29.8 Å². The number of anilines is 1. The average molecular weight is 504 g/mol. The summed E-state index contributed by atoms with van der Waals surface area (Å²) in [7, 11) is -3.81. The molecule has 1 aliphatic rings. The van der Waals surface area contributed by atoms with Gasteiger partial charge >= 0.3 is 0 Å². The molecule has 0 fully saturated rings. The highest BCUT2D eigenvalue weighted by molar-refractivity contribution is 7.92. The fourth-order valence-corrected chi connectivity index (χ4v) is 4.76. The van der Waals surface area contributed by atoms with E-state index < -0.39 is 28.5 Å². The second-order valence-corrected chi connectivity index (χ2v) is 10.5. The van der Waals surface area contributed by atoms with Gasteiger partial charge in [0.15, 0.2) is 11.5 Å². The van der Waals surface area contributed by atoms with Crippen LogP contribution in [0.25, 0.3) is 0 Å². The lowest BCUT2D eigenvalue weighted by Crippen LogP contribution is -2.51. The van der Waals surface area contributed by atoms with Crippen LogP contribution < -0.4 is 19.1 Å². The molecule has 3 rings (SSSR count). The molecule has 9 nitrogen and oxygen atoms in total. The first kappa shape index (κ1) is 26.3. The summed E-state index contributed by atoms with van der Waals surface area (Å²) in [5.74, 6) is -0.0531. The Balaban J connectivity index is 1.94. The highest BCUT2D eigenvalue weighted by Crippen LogP contribution is 2.35. The lowest BCUT2D eigenvalue weighted by Gasteiger charge is -2.32. The fourth-order valence-electron chi connectivity index (χ4n) is 3.70. The number of likely N-dealkylation sites (N-methyl/N-ethyl adjacent to an activating group) is 1. The third-order valence-corrected chi connectivity index (χ3v) is 7.53. The molecule has 10 heteroatoms. The molecule has 0 aromatic heterocycles. The SMILES string of the molecule is CCNC(=O)[C@@H](C)N(Cc1ccc(C)cc1)C(=O)CN(c1ccc2c(c1)OCCO2)S(=O)(=O)CC. The van der Waals surface area contributed by atoms with Crippen molar-refractivity contribution in [3.05, 3.63) is 53.6 Å². The van der Waals surface area contributed by atoms with Crippen molar-refractivity contribution < 1.29 is 27.5 Å². The van der Waals surface area contributed by atoms with Crippen LogP contribution in [0.4, 0.5) is 5.69 Å². The van der Waals surface area contributed by atoms with Crippen LogP contribution in [0.3, 0.4) is 0 Å². The van der Waals surface area contributed by atoms with Gasteiger partial charge in [0.05, 0.1) is 11.4 Å². The molecule has 0 unspecified atom stereocenters. The summed E-state index contributed by atoms with van der Waals surface area (Å²) < 4.78 is 38.3. The standard InChI is InChI=1S/C25H33N3O6S/c1-5-26-25(30)19(4)27(16-20-9-7-18(3)8-10-20)24(29)17-28(35(31,32)6-2)21-11-12-22-23(15-21)34-14-13-33-22/h7-12,15,19H,5-6,13-14,16-17H2,1-4H3,(H,26,30)/t19-/m1/s1. The molecule has 1 atom stereocenters. The molecule has 1 N–H and O–H groups in total. The summed E-state index contributed by atoms with van der Waals surface area (Å²) in [4.78, 5) is 27.6. The lowest BCUT2D eigenvalue weighted by atomic mass is 10.1. The molecule has 0 aliphatic carbocycles. The van der Waals surface area contributed by atoms with Crippen LogP contribution in [0.2, 0.25) is 0 Å². The summed E-state index contributed by atoms with van der Waals surface area (Å²) in [5, 5.41) is 2.74. The monoisotopic (exact) mass is 503 g/mol. The Morgan fingerprint density at radius 2 is 1.69 bits per heavy atom. The molecule has 190 valence electrons. The van der Waals surface area contributed by atoms with Crippen molar-refractivity contribution in [2.75, 3.05) is 36.4 Å². The van der Waals surface area contributed by atoms with E-state index >= 15 is 0 Å². The second-order valence-electron chi connectivity index (χ2n) is 8.31. The van der Waals surface area contributed by atoms with E-state index in [2.05, 4.69) is 5.32 Å². The van der Waals surface area contributed by atoms with Crippen LogP contribution in [0.1, 0.15) is 31.9 Å². The summed E-state index contributed by atoms with van der Waals surface area (Å²) in [5.41, 5.74) is 2.21. The van der Waals surface area contributed by atoms with Gasteiger partial charge in [0.1, 0.15) is 25.8 Å². The van der Waals surface area contributed by atoms with Crippen molar-refractivity contribution in [1.82, 2.24) is 10.2 Å². The number of amides is 2. The van der Waals surface area contributed by atoms with Crippen LogP contribution >= 0.6 is 0 Å². The van der Waals surface area contributed by atoms with Crippen molar-refractivity contribution in [2.45, 2.75) is 40.3 Å². The normalized spacial score (nSPS) is 13.6. The number of nitrogens with one attached hydrogen (secondary N) is 1. The molecule has 0 spiro atoms. The number of fused-ring (bicyclic) bond motifs is 1. The summed E-state index contributed by atoms with van der Waals surface area (Å²) in [6, 6.07) is 11.6. The van der Waals surface area contributed by atoms with Gasteiger partial charge in [-0.15, -0.1) is 0 Å².